The number of aryl methyl sites for hydroxylation is 1. The number of β-amino-alcohol motifs (C(OH)–C–C–N with tert-alkyl or cyclic N) is 1. The van der Waals surface area contributed by atoms with Crippen LogP contribution < -0.4 is 20.4 Å². The third kappa shape index (κ3) is 6.91. The lowest BCUT2D eigenvalue weighted by Crippen LogP contribution is -2.54. The Labute approximate surface area is 332 Å². The van der Waals surface area contributed by atoms with Gasteiger partial charge in [-0.1, -0.05) is 0 Å². The Morgan fingerprint density at radius 1 is 1.00 bits per heavy atom. The largest absolute Gasteiger partial charge is 0.444 e. The lowest BCUT2D eigenvalue weighted by molar-refractivity contribution is -0.136. The molecule has 5 aromatic rings. The maximum Gasteiger partial charge on any atom is 0.300 e. The lowest BCUT2D eigenvalue weighted by Gasteiger charge is -2.33. The smallest absolute Gasteiger partial charge is 0.300 e. The summed E-state index contributed by atoms with van der Waals surface area (Å²) in [7, 11) is 0. The van der Waals surface area contributed by atoms with Crippen molar-refractivity contribution < 1.29 is 37.9 Å². The summed E-state index contributed by atoms with van der Waals surface area (Å²) in [4.78, 5) is 89.5. The van der Waals surface area contributed by atoms with Crippen LogP contribution in [0.25, 0.3) is 22.7 Å². The molecule has 9 rings (SSSR count). The normalized spacial score (nSPS) is 20.2. The number of carbonyl (C=O) groups excluding carboxylic acids is 5. The van der Waals surface area contributed by atoms with Gasteiger partial charge in [0.25, 0.3) is 23.7 Å². The minimum atomic E-state index is -1.04. The van der Waals surface area contributed by atoms with Gasteiger partial charge in [-0.25, -0.2) is 9.97 Å². The Hall–Kier alpha value is -6.05. The van der Waals surface area contributed by atoms with Gasteiger partial charge in [-0.3, -0.25) is 44.1 Å². The number of nitrogens with zero attached hydrogens (tertiary/aromatic N) is 8. The molecule has 3 saturated heterocycles. The molecule has 3 fully saturated rings. The van der Waals surface area contributed by atoms with Crippen LogP contribution in [0.2, 0.25) is 0 Å². The second-order valence-electron chi connectivity index (χ2n) is 14.5. The number of aliphatic hydroxyl groups excluding tert-OH is 1. The van der Waals surface area contributed by atoms with Crippen LogP contribution >= 0.6 is 15.9 Å². The minimum Gasteiger partial charge on any atom is -0.444 e. The zero-order valence-corrected chi connectivity index (χ0v) is 32.1. The number of pyridine rings is 2. The summed E-state index contributed by atoms with van der Waals surface area (Å²) < 4.78 is 12.3. The number of anilines is 3. The van der Waals surface area contributed by atoms with Gasteiger partial charge >= 0.3 is 0 Å². The highest BCUT2D eigenvalue weighted by Gasteiger charge is 2.45. The van der Waals surface area contributed by atoms with Gasteiger partial charge in [0.2, 0.25) is 23.4 Å². The standard InChI is InChI=1S/C38H35BrN10O8/c1-19-12-21(4-6-40-19)35-42-26(18-56-35)33(52)41-25-15-28-31(44-32(25)48-7-5-22(50)17-48)45-38(57-28)47-10-8-46(9-11-47)16-20-13-23-30(24(39)14-20)37(55)49(36(23)54)27-2-3-29(51)43-34(27)53/h4,6,12-15,18,22,27,50H,2-3,5,7-11,16-17H2,1H3,(H,41,52)(H,43,51,53). The fraction of sp³-hybridized carbons (Fsp3) is 0.342. The Morgan fingerprint density at radius 3 is 2.58 bits per heavy atom. The Bertz CT molecular complexity index is 2490. The van der Waals surface area contributed by atoms with Gasteiger partial charge in [-0.15, -0.1) is 0 Å². The molecule has 0 bridgehead atoms. The molecule has 3 N–H and O–H groups in total. The predicted molar refractivity (Wildman–Crippen MR) is 205 cm³/mol. The van der Waals surface area contributed by atoms with Crippen LogP contribution in [0.4, 0.5) is 17.5 Å². The van der Waals surface area contributed by atoms with E-state index in [1.54, 1.807) is 24.4 Å². The van der Waals surface area contributed by atoms with Crippen LogP contribution in [-0.4, -0.2) is 116 Å². The van der Waals surface area contributed by atoms with Crippen molar-refractivity contribution in [3.63, 3.8) is 0 Å². The van der Waals surface area contributed by atoms with Crippen LogP contribution in [0.3, 0.4) is 0 Å². The number of nitrogens with one attached hydrogen (secondary N) is 2. The number of fused-ring (bicyclic) bond motifs is 2. The molecular weight excluding hydrogens is 804 g/mol. The van der Waals surface area contributed by atoms with Crippen molar-refractivity contribution in [2.45, 2.75) is 44.9 Å². The number of rotatable bonds is 8. The zero-order chi connectivity index (χ0) is 39.5. The van der Waals surface area contributed by atoms with Crippen molar-refractivity contribution >= 4 is 74.2 Å². The van der Waals surface area contributed by atoms with Gasteiger partial charge in [-0.2, -0.15) is 4.98 Å². The Morgan fingerprint density at radius 2 is 1.82 bits per heavy atom. The number of piperidine rings is 1. The van der Waals surface area contributed by atoms with Gasteiger partial charge in [0.1, 0.15) is 12.3 Å². The number of imide groups is 2. The first-order chi connectivity index (χ1) is 27.5. The van der Waals surface area contributed by atoms with Crippen molar-refractivity contribution in [3.05, 3.63) is 75.3 Å². The fourth-order valence-corrected chi connectivity index (χ4v) is 8.35. The summed E-state index contributed by atoms with van der Waals surface area (Å²) in [6.07, 6.45) is 3.08. The first kappa shape index (κ1) is 36.6. The molecule has 0 spiro atoms. The van der Waals surface area contributed by atoms with Gasteiger partial charge in [0, 0.05) is 80.2 Å². The maximum atomic E-state index is 13.5. The van der Waals surface area contributed by atoms with Crippen LogP contribution in [0, 0.1) is 6.92 Å². The van der Waals surface area contributed by atoms with Crippen LogP contribution in [-0.2, 0) is 16.1 Å². The SMILES string of the molecule is Cc1cc(-c2nc(C(=O)Nc3cc4oc(N5CCN(Cc6cc(Br)c7c(c6)C(=O)N(C6CCC(=O)NC6=O)C7=O)CC5)nc4nc3N3CCC(O)C3)co2)ccn1. The van der Waals surface area contributed by atoms with E-state index in [0.29, 0.717) is 91.0 Å². The van der Waals surface area contributed by atoms with Crippen LogP contribution in [0.5, 0.6) is 0 Å². The molecule has 2 unspecified atom stereocenters. The predicted octanol–water partition coefficient (Wildman–Crippen LogP) is 2.89. The van der Waals surface area contributed by atoms with E-state index in [1.165, 1.54) is 6.26 Å². The number of benzene rings is 1. The van der Waals surface area contributed by atoms with Gasteiger partial charge in [-0.05, 0) is 65.5 Å². The third-order valence-electron chi connectivity index (χ3n) is 10.5. The Balaban J connectivity index is 0.892. The van der Waals surface area contributed by atoms with E-state index < -0.39 is 41.7 Å². The van der Waals surface area contributed by atoms with E-state index in [-0.39, 0.29) is 35.6 Å². The number of hydrogen-bond donors (Lipinski definition) is 3. The molecule has 1 aromatic carbocycles. The topological polar surface area (TPSA) is 220 Å². The number of hydrogen-bond acceptors (Lipinski definition) is 15. The Kier molecular flexibility index (Phi) is 9.29. The van der Waals surface area contributed by atoms with Crippen molar-refractivity contribution in [1.82, 2.24) is 35.1 Å². The number of piperazine rings is 1. The second-order valence-corrected chi connectivity index (χ2v) is 15.3. The van der Waals surface area contributed by atoms with E-state index >= 15 is 0 Å². The molecule has 57 heavy (non-hydrogen) atoms. The zero-order valence-electron chi connectivity index (χ0n) is 30.5. The highest BCUT2D eigenvalue weighted by molar-refractivity contribution is 9.10. The summed E-state index contributed by atoms with van der Waals surface area (Å²) in [5.41, 5.74) is 3.89. The molecule has 0 aliphatic carbocycles. The summed E-state index contributed by atoms with van der Waals surface area (Å²) in [5, 5.41) is 15.4. The van der Waals surface area contributed by atoms with E-state index in [4.69, 9.17) is 18.8 Å². The number of aromatic nitrogens is 4. The molecule has 18 nitrogen and oxygen atoms in total. The van der Waals surface area contributed by atoms with Gasteiger partial charge in [0.15, 0.2) is 17.1 Å². The molecule has 4 aliphatic rings. The molecular formula is C38H35BrN10O8. The number of aliphatic hydroxyl groups is 1. The van der Waals surface area contributed by atoms with Gasteiger partial charge < -0.3 is 29.1 Å². The quantitative estimate of drug-likeness (QED) is 0.191. The van der Waals surface area contributed by atoms with Crippen molar-refractivity contribution in [1.29, 1.82) is 0 Å². The molecule has 0 radical (unpaired) electrons. The summed E-state index contributed by atoms with van der Waals surface area (Å²) in [6.45, 7) is 5.63. The maximum absolute atomic E-state index is 13.5. The highest BCUT2D eigenvalue weighted by atomic mass is 79.9. The molecule has 0 saturated carbocycles. The summed E-state index contributed by atoms with van der Waals surface area (Å²) in [5.74, 6) is -1.98. The molecule has 2 atom stereocenters. The molecule has 4 aromatic heterocycles. The fourth-order valence-electron chi connectivity index (χ4n) is 7.67. The summed E-state index contributed by atoms with van der Waals surface area (Å²) in [6, 6.07) is 8.08. The third-order valence-corrected chi connectivity index (χ3v) is 11.2. The lowest BCUT2D eigenvalue weighted by atomic mass is 10.0. The average molecular weight is 840 g/mol. The first-order valence-electron chi connectivity index (χ1n) is 18.4. The molecule has 4 aliphatic heterocycles. The van der Waals surface area contributed by atoms with E-state index in [2.05, 4.69) is 41.4 Å². The number of halogens is 1. The van der Waals surface area contributed by atoms with Gasteiger partial charge in [0.05, 0.1) is 22.9 Å². The second kappa shape index (κ2) is 14.5. The molecule has 5 amide bonds. The van der Waals surface area contributed by atoms with Crippen LogP contribution in [0.1, 0.15) is 61.7 Å². The van der Waals surface area contributed by atoms with E-state index in [9.17, 15) is 29.1 Å². The first-order valence-corrected chi connectivity index (χ1v) is 19.2. The van der Waals surface area contributed by atoms with E-state index in [0.717, 1.165) is 16.2 Å². The monoisotopic (exact) mass is 838 g/mol. The number of amides is 5. The van der Waals surface area contributed by atoms with Crippen LogP contribution in [0.15, 0.2) is 56.1 Å². The highest BCUT2D eigenvalue weighted by Crippen LogP contribution is 2.36. The van der Waals surface area contributed by atoms with Crippen molar-refractivity contribution in [3.8, 4) is 11.5 Å². The number of carbonyl (C=O) groups is 5. The summed E-state index contributed by atoms with van der Waals surface area (Å²) >= 11 is 3.48. The van der Waals surface area contributed by atoms with Crippen molar-refractivity contribution in [2.75, 3.05) is 54.4 Å². The minimum absolute atomic E-state index is 0.0475. The molecule has 19 heteroatoms. The van der Waals surface area contributed by atoms with Crippen molar-refractivity contribution in [2.24, 2.45) is 0 Å². The van der Waals surface area contributed by atoms with E-state index in [1.807, 2.05) is 28.9 Å². The molecule has 8 heterocycles. The average Bonchev–Trinajstić information content (AvgIpc) is 3.99. The number of oxazole rings is 2. The molecule has 292 valence electrons.